The minimum absolute atomic E-state index is 0.616. The SMILES string of the molecule is Cc1cc(C)c(C)c(-c2c3c(nc[n+]2C)C(c2ccc(CC(C)C)nc2)=CC3)c1. The largest absolute Gasteiger partial charge is 0.287 e. The minimum atomic E-state index is 0.616. The number of rotatable bonds is 4. The van der Waals surface area contributed by atoms with Crippen molar-refractivity contribution in [1.82, 2.24) is 9.97 Å². The fourth-order valence-corrected chi connectivity index (χ4v) is 4.35. The van der Waals surface area contributed by atoms with Gasteiger partial charge in [0.05, 0.1) is 12.6 Å². The van der Waals surface area contributed by atoms with Gasteiger partial charge in [-0.25, -0.2) is 4.57 Å². The maximum atomic E-state index is 4.82. The van der Waals surface area contributed by atoms with Crippen molar-refractivity contribution < 1.29 is 4.57 Å². The van der Waals surface area contributed by atoms with Crippen molar-refractivity contribution in [2.24, 2.45) is 13.0 Å². The van der Waals surface area contributed by atoms with Crippen LogP contribution in [0.25, 0.3) is 16.8 Å². The first-order chi connectivity index (χ1) is 13.8. The normalized spacial score (nSPS) is 13.0. The maximum absolute atomic E-state index is 4.82. The Labute approximate surface area is 174 Å². The van der Waals surface area contributed by atoms with Crippen LogP contribution in [0, 0.1) is 26.7 Å². The van der Waals surface area contributed by atoms with Gasteiger partial charge in [-0.05, 0) is 61.4 Å². The standard InChI is InChI=1S/C26H30N3/c1-16(2)11-21-8-7-20(14-27-21)22-9-10-23-25(22)28-15-29(6)26(23)24-13-17(3)12-18(4)19(24)5/h7-9,12-16H,10-11H2,1-6H3/q+1. The summed E-state index contributed by atoms with van der Waals surface area (Å²) in [5, 5.41) is 0. The molecule has 0 N–H and O–H groups in total. The lowest BCUT2D eigenvalue weighted by atomic mass is 9.94. The van der Waals surface area contributed by atoms with Crippen LogP contribution >= 0.6 is 0 Å². The number of fused-ring (bicyclic) bond motifs is 1. The number of aryl methyl sites for hydroxylation is 3. The van der Waals surface area contributed by atoms with E-state index < -0.39 is 0 Å². The van der Waals surface area contributed by atoms with Crippen molar-refractivity contribution in [1.29, 1.82) is 0 Å². The lowest BCUT2D eigenvalue weighted by molar-refractivity contribution is -0.663. The van der Waals surface area contributed by atoms with Crippen LogP contribution in [0.4, 0.5) is 0 Å². The molecule has 0 aliphatic heterocycles. The highest BCUT2D eigenvalue weighted by Gasteiger charge is 2.29. The summed E-state index contributed by atoms with van der Waals surface area (Å²) in [7, 11) is 2.10. The molecule has 3 heteroatoms. The molecule has 29 heavy (non-hydrogen) atoms. The summed E-state index contributed by atoms with van der Waals surface area (Å²) in [4.78, 5) is 9.51. The van der Waals surface area contributed by atoms with Gasteiger partial charge in [0.1, 0.15) is 5.69 Å². The predicted molar refractivity (Wildman–Crippen MR) is 119 cm³/mol. The van der Waals surface area contributed by atoms with Crippen LogP contribution in [-0.2, 0) is 19.9 Å². The molecular formula is C26H30N3+. The summed E-state index contributed by atoms with van der Waals surface area (Å²) in [5.41, 5.74) is 12.5. The van der Waals surface area contributed by atoms with Crippen molar-refractivity contribution >= 4 is 5.57 Å². The summed E-state index contributed by atoms with van der Waals surface area (Å²) >= 11 is 0. The maximum Gasteiger partial charge on any atom is 0.287 e. The zero-order chi connectivity index (χ0) is 20.7. The number of nitrogens with zero attached hydrogens (tertiary/aromatic N) is 3. The monoisotopic (exact) mass is 384 g/mol. The molecule has 0 amide bonds. The van der Waals surface area contributed by atoms with Crippen LogP contribution in [0.15, 0.2) is 42.9 Å². The van der Waals surface area contributed by atoms with Crippen molar-refractivity contribution in [3.8, 4) is 11.3 Å². The molecule has 148 valence electrons. The first-order valence-electron chi connectivity index (χ1n) is 10.5. The second kappa shape index (κ2) is 7.55. The zero-order valence-electron chi connectivity index (χ0n) is 18.4. The third-order valence-corrected chi connectivity index (χ3v) is 5.87. The molecule has 2 aromatic heterocycles. The second-order valence-electron chi connectivity index (χ2n) is 8.74. The second-order valence-corrected chi connectivity index (χ2v) is 8.74. The van der Waals surface area contributed by atoms with Gasteiger partial charge in [-0.2, -0.15) is 0 Å². The fourth-order valence-electron chi connectivity index (χ4n) is 4.35. The Morgan fingerprint density at radius 1 is 1.07 bits per heavy atom. The zero-order valence-corrected chi connectivity index (χ0v) is 18.4. The van der Waals surface area contributed by atoms with Gasteiger partial charge in [-0.3, -0.25) is 4.98 Å². The summed E-state index contributed by atoms with van der Waals surface area (Å²) in [6, 6.07) is 8.92. The Morgan fingerprint density at radius 2 is 1.86 bits per heavy atom. The van der Waals surface area contributed by atoms with Crippen molar-refractivity contribution in [2.45, 2.75) is 47.5 Å². The van der Waals surface area contributed by atoms with Crippen LogP contribution in [0.1, 0.15) is 53.1 Å². The summed E-state index contributed by atoms with van der Waals surface area (Å²) in [6.45, 7) is 11.0. The van der Waals surface area contributed by atoms with Gasteiger partial charge in [0.15, 0.2) is 5.69 Å². The molecule has 3 nitrogen and oxygen atoms in total. The number of hydrogen-bond acceptors (Lipinski definition) is 2. The van der Waals surface area contributed by atoms with E-state index in [9.17, 15) is 0 Å². The van der Waals surface area contributed by atoms with E-state index in [0.29, 0.717) is 5.92 Å². The molecule has 0 bridgehead atoms. The molecule has 0 saturated carbocycles. The third kappa shape index (κ3) is 3.62. The van der Waals surface area contributed by atoms with E-state index in [2.05, 4.69) is 76.6 Å². The Hall–Kier alpha value is -2.81. The minimum Gasteiger partial charge on any atom is -0.261 e. The van der Waals surface area contributed by atoms with Crippen LogP contribution < -0.4 is 4.57 Å². The first kappa shape index (κ1) is 19.5. The molecular weight excluding hydrogens is 354 g/mol. The summed E-state index contributed by atoms with van der Waals surface area (Å²) < 4.78 is 2.17. The van der Waals surface area contributed by atoms with E-state index in [1.807, 2.05) is 12.5 Å². The number of pyridine rings is 1. The van der Waals surface area contributed by atoms with E-state index in [0.717, 1.165) is 29.8 Å². The lowest BCUT2D eigenvalue weighted by Crippen LogP contribution is -2.33. The third-order valence-electron chi connectivity index (χ3n) is 5.87. The lowest BCUT2D eigenvalue weighted by Gasteiger charge is -2.13. The molecule has 4 rings (SSSR count). The van der Waals surface area contributed by atoms with E-state index in [1.54, 1.807) is 0 Å². The van der Waals surface area contributed by atoms with E-state index in [1.165, 1.54) is 39.1 Å². The van der Waals surface area contributed by atoms with E-state index in [-0.39, 0.29) is 0 Å². The Kier molecular flexibility index (Phi) is 5.08. The van der Waals surface area contributed by atoms with E-state index in [4.69, 9.17) is 9.97 Å². The van der Waals surface area contributed by atoms with Crippen molar-refractivity contribution in [2.75, 3.05) is 0 Å². The Morgan fingerprint density at radius 3 is 2.55 bits per heavy atom. The van der Waals surface area contributed by atoms with Gasteiger partial charge >= 0.3 is 0 Å². The Bertz CT molecular complexity index is 1110. The average molecular weight is 385 g/mol. The van der Waals surface area contributed by atoms with Crippen molar-refractivity contribution in [3.05, 3.63) is 82.1 Å². The molecule has 3 aromatic rings. The molecule has 1 aliphatic rings. The molecule has 0 radical (unpaired) electrons. The number of allylic oxidation sites excluding steroid dienone is 1. The van der Waals surface area contributed by atoms with Crippen LogP contribution in [-0.4, -0.2) is 9.97 Å². The predicted octanol–water partition coefficient (Wildman–Crippen LogP) is 5.08. The first-order valence-corrected chi connectivity index (χ1v) is 10.5. The molecule has 0 spiro atoms. The number of hydrogen-bond donors (Lipinski definition) is 0. The highest BCUT2D eigenvalue weighted by atomic mass is 15.0. The highest BCUT2D eigenvalue weighted by Crippen LogP contribution is 2.36. The smallest absolute Gasteiger partial charge is 0.261 e. The Balaban J connectivity index is 1.78. The van der Waals surface area contributed by atoms with Crippen LogP contribution in [0.5, 0.6) is 0 Å². The van der Waals surface area contributed by atoms with Crippen LogP contribution in [0.3, 0.4) is 0 Å². The fraction of sp³-hybridized carbons (Fsp3) is 0.346. The summed E-state index contributed by atoms with van der Waals surface area (Å²) in [5.74, 6) is 0.616. The molecule has 1 aliphatic carbocycles. The van der Waals surface area contributed by atoms with Gasteiger partial charge in [0.25, 0.3) is 6.33 Å². The molecule has 0 saturated heterocycles. The average Bonchev–Trinajstić information content (AvgIpc) is 3.09. The van der Waals surface area contributed by atoms with Crippen LogP contribution in [0.2, 0.25) is 0 Å². The van der Waals surface area contributed by atoms with Gasteiger partial charge < -0.3 is 0 Å². The molecule has 0 unspecified atom stereocenters. The van der Waals surface area contributed by atoms with E-state index >= 15 is 0 Å². The molecule has 0 fully saturated rings. The molecule has 1 aromatic carbocycles. The number of aromatic nitrogens is 3. The van der Waals surface area contributed by atoms with Gasteiger partial charge in [0.2, 0.25) is 0 Å². The van der Waals surface area contributed by atoms with Crippen molar-refractivity contribution in [3.63, 3.8) is 0 Å². The van der Waals surface area contributed by atoms with Gasteiger partial charge in [0, 0.05) is 35.0 Å². The quantitative estimate of drug-likeness (QED) is 0.587. The highest BCUT2D eigenvalue weighted by molar-refractivity contribution is 5.85. The number of benzene rings is 1. The summed E-state index contributed by atoms with van der Waals surface area (Å²) in [6.07, 6.45) is 8.18. The topological polar surface area (TPSA) is 29.7 Å². The molecule has 0 atom stereocenters. The van der Waals surface area contributed by atoms with Gasteiger partial charge in [-0.1, -0.05) is 37.6 Å². The van der Waals surface area contributed by atoms with Gasteiger partial charge in [-0.15, -0.1) is 0 Å². The molecule has 2 heterocycles.